The van der Waals surface area contributed by atoms with Crippen molar-refractivity contribution in [2.45, 2.75) is 63.8 Å². The van der Waals surface area contributed by atoms with Crippen molar-refractivity contribution in [1.29, 1.82) is 0 Å². The van der Waals surface area contributed by atoms with Crippen molar-refractivity contribution >= 4 is 36.0 Å². The quantitative estimate of drug-likeness (QED) is 0.297. The van der Waals surface area contributed by atoms with Crippen molar-refractivity contribution in [3.63, 3.8) is 0 Å². The number of nitrogens with two attached hydrogens (primary N) is 1. The van der Waals surface area contributed by atoms with Crippen molar-refractivity contribution < 1.29 is 29.0 Å². The number of carbonyl (C=O) groups is 3. The summed E-state index contributed by atoms with van der Waals surface area (Å²) in [6.45, 7) is 4.15. The van der Waals surface area contributed by atoms with Crippen molar-refractivity contribution in [3.05, 3.63) is 65.7 Å². The normalized spacial score (nSPS) is 16.8. The van der Waals surface area contributed by atoms with Crippen LogP contribution in [0.15, 0.2) is 54.6 Å². The Balaban J connectivity index is 0.00000588. The van der Waals surface area contributed by atoms with Crippen LogP contribution in [0.4, 0.5) is 10.5 Å². The number of aliphatic hydroxyl groups is 1. The third-order valence-corrected chi connectivity index (χ3v) is 7.20. The second kappa shape index (κ2) is 15.7. The minimum atomic E-state index is -1.00. The SMILES string of the molecule is COC(=O)NC1Cc2ccccc2N(C(=O)CC(C)(C)C[C@H](N)[C@@H](O)CNC(=O)C(Cc2ccccc2)OC)C1.Cl. The van der Waals surface area contributed by atoms with E-state index in [0.29, 0.717) is 25.8 Å². The van der Waals surface area contributed by atoms with Gasteiger partial charge in [-0.05, 0) is 35.4 Å². The number of aliphatic hydroxyl groups excluding tert-OH is 1. The largest absolute Gasteiger partial charge is 0.453 e. The first-order chi connectivity index (χ1) is 19.0. The molecule has 0 bridgehead atoms. The fourth-order valence-corrected chi connectivity index (χ4v) is 5.09. The van der Waals surface area contributed by atoms with Gasteiger partial charge in [0.25, 0.3) is 0 Å². The highest BCUT2D eigenvalue weighted by Crippen LogP contribution is 2.32. The summed E-state index contributed by atoms with van der Waals surface area (Å²) >= 11 is 0. The molecule has 10 nitrogen and oxygen atoms in total. The minimum Gasteiger partial charge on any atom is -0.453 e. The fourth-order valence-electron chi connectivity index (χ4n) is 5.09. The van der Waals surface area contributed by atoms with Crippen LogP contribution in [0.3, 0.4) is 0 Å². The Kier molecular flexibility index (Phi) is 13.0. The maximum Gasteiger partial charge on any atom is 0.407 e. The average Bonchev–Trinajstić information content (AvgIpc) is 2.93. The third kappa shape index (κ3) is 10.00. The molecule has 0 saturated heterocycles. The number of ether oxygens (including phenoxy) is 2. The summed E-state index contributed by atoms with van der Waals surface area (Å²) in [5.41, 5.74) is 8.54. The number of rotatable bonds is 12. The lowest BCUT2D eigenvalue weighted by atomic mass is 9.80. The summed E-state index contributed by atoms with van der Waals surface area (Å²) in [7, 11) is 2.78. The number of hydrogen-bond donors (Lipinski definition) is 4. The van der Waals surface area contributed by atoms with E-state index in [1.807, 2.05) is 68.4 Å². The highest BCUT2D eigenvalue weighted by molar-refractivity contribution is 5.95. The van der Waals surface area contributed by atoms with Gasteiger partial charge in [0.05, 0.1) is 19.3 Å². The summed E-state index contributed by atoms with van der Waals surface area (Å²) in [4.78, 5) is 39.7. The number of benzene rings is 2. The van der Waals surface area contributed by atoms with Crippen molar-refractivity contribution in [2.75, 3.05) is 32.2 Å². The zero-order valence-corrected chi connectivity index (χ0v) is 25.0. The molecule has 1 aliphatic rings. The van der Waals surface area contributed by atoms with Gasteiger partial charge in [-0.2, -0.15) is 0 Å². The molecule has 0 aliphatic carbocycles. The number of anilines is 1. The molecule has 2 aromatic rings. The van der Waals surface area contributed by atoms with Crippen molar-refractivity contribution in [2.24, 2.45) is 11.1 Å². The van der Waals surface area contributed by atoms with Gasteiger partial charge in [-0.3, -0.25) is 9.59 Å². The predicted molar refractivity (Wildman–Crippen MR) is 160 cm³/mol. The van der Waals surface area contributed by atoms with E-state index in [9.17, 15) is 19.5 Å². The second-order valence-electron chi connectivity index (χ2n) is 11.1. The molecule has 3 rings (SSSR count). The molecular weight excluding hydrogens is 548 g/mol. The van der Waals surface area contributed by atoms with Crippen LogP contribution in [0.5, 0.6) is 0 Å². The van der Waals surface area contributed by atoms with E-state index < -0.39 is 29.8 Å². The zero-order valence-electron chi connectivity index (χ0n) is 24.2. The Morgan fingerprint density at radius 3 is 2.41 bits per heavy atom. The van der Waals surface area contributed by atoms with E-state index in [1.54, 1.807) is 4.90 Å². The number of para-hydroxylation sites is 1. The monoisotopic (exact) mass is 590 g/mol. The first-order valence-electron chi connectivity index (χ1n) is 13.5. The smallest absolute Gasteiger partial charge is 0.407 e. The molecule has 41 heavy (non-hydrogen) atoms. The van der Waals surface area contributed by atoms with Crippen molar-refractivity contribution in [1.82, 2.24) is 10.6 Å². The summed E-state index contributed by atoms with van der Waals surface area (Å²) in [5, 5.41) is 16.2. The van der Waals surface area contributed by atoms with Gasteiger partial charge in [0, 0.05) is 44.8 Å². The van der Waals surface area contributed by atoms with E-state index in [4.69, 9.17) is 15.2 Å². The van der Waals surface area contributed by atoms with Crippen LogP contribution in [0.1, 0.15) is 37.8 Å². The van der Waals surface area contributed by atoms with Gasteiger partial charge in [-0.1, -0.05) is 62.4 Å². The Hall–Kier alpha value is -3.18. The lowest BCUT2D eigenvalue weighted by Gasteiger charge is -2.37. The van der Waals surface area contributed by atoms with Gasteiger partial charge < -0.3 is 35.8 Å². The molecular formula is C30H43ClN4O6. The van der Waals surface area contributed by atoms with Crippen LogP contribution in [-0.2, 0) is 31.9 Å². The van der Waals surface area contributed by atoms with Crippen molar-refractivity contribution in [3.8, 4) is 0 Å². The van der Waals surface area contributed by atoms with Crippen LogP contribution in [-0.4, -0.2) is 74.6 Å². The maximum atomic E-state index is 13.5. The number of halogens is 1. The van der Waals surface area contributed by atoms with Crippen LogP contribution in [0.2, 0.25) is 0 Å². The molecule has 0 aromatic heterocycles. The van der Waals surface area contributed by atoms with Crippen LogP contribution >= 0.6 is 12.4 Å². The number of hydrogen-bond acceptors (Lipinski definition) is 7. The molecule has 1 heterocycles. The number of methoxy groups -OCH3 is 2. The number of amides is 3. The van der Waals surface area contributed by atoms with Gasteiger partial charge in [0.15, 0.2) is 0 Å². The molecule has 1 aliphatic heterocycles. The third-order valence-electron chi connectivity index (χ3n) is 7.20. The van der Waals surface area contributed by atoms with E-state index in [0.717, 1.165) is 16.8 Å². The number of fused-ring (bicyclic) bond motifs is 1. The summed E-state index contributed by atoms with van der Waals surface area (Å²) < 4.78 is 10.1. The van der Waals surface area contributed by atoms with Crippen LogP contribution in [0, 0.1) is 5.41 Å². The molecule has 11 heteroatoms. The average molecular weight is 591 g/mol. The molecule has 2 aromatic carbocycles. The highest BCUT2D eigenvalue weighted by atomic mass is 35.5. The van der Waals surface area contributed by atoms with E-state index in [2.05, 4.69) is 10.6 Å². The van der Waals surface area contributed by atoms with Gasteiger partial charge in [-0.15, -0.1) is 12.4 Å². The predicted octanol–water partition coefficient (Wildman–Crippen LogP) is 2.59. The molecule has 4 atom stereocenters. The van der Waals surface area contributed by atoms with E-state index in [1.165, 1.54) is 14.2 Å². The molecule has 3 amide bonds. The number of carbonyl (C=O) groups excluding carboxylic acids is 3. The molecule has 0 saturated carbocycles. The van der Waals surface area contributed by atoms with Gasteiger partial charge in [0.1, 0.15) is 6.10 Å². The first-order valence-corrected chi connectivity index (χ1v) is 13.5. The van der Waals surface area contributed by atoms with Crippen LogP contribution < -0.4 is 21.3 Å². The Labute approximate surface area is 248 Å². The van der Waals surface area contributed by atoms with E-state index >= 15 is 0 Å². The summed E-state index contributed by atoms with van der Waals surface area (Å²) in [5.74, 6) is -0.432. The number of alkyl carbamates (subject to hydrolysis) is 1. The first kappa shape index (κ1) is 34.0. The highest BCUT2D eigenvalue weighted by Gasteiger charge is 2.34. The fraction of sp³-hybridized carbons (Fsp3) is 0.500. The second-order valence-corrected chi connectivity index (χ2v) is 11.1. The molecule has 0 radical (unpaired) electrons. The van der Waals surface area contributed by atoms with Gasteiger partial charge in [0.2, 0.25) is 11.8 Å². The minimum absolute atomic E-state index is 0. The molecule has 0 fully saturated rings. The number of nitrogens with zero attached hydrogens (tertiary/aromatic N) is 1. The summed E-state index contributed by atoms with van der Waals surface area (Å²) in [6.07, 6.45) is -0.691. The lowest BCUT2D eigenvalue weighted by Crippen LogP contribution is -2.51. The standard InChI is InChI=1S/C30H42N4O6.ClH/c1-30(2,16-23(31)25(35)18-32-28(37)26(39-3)14-20-10-6-5-7-11-20)17-27(36)34-19-22(33-29(38)40-4)15-21-12-8-9-13-24(21)34;/h5-13,22-23,25-26,35H,14-19,31H2,1-4H3,(H,32,37)(H,33,38);1H/t22?,23-,25-,26?;/m0./s1. The maximum absolute atomic E-state index is 13.5. The molecule has 226 valence electrons. The molecule has 0 spiro atoms. The lowest BCUT2D eigenvalue weighted by molar-refractivity contribution is -0.131. The number of nitrogens with one attached hydrogen (secondary N) is 2. The summed E-state index contributed by atoms with van der Waals surface area (Å²) in [6, 6.07) is 16.2. The Morgan fingerprint density at radius 2 is 1.76 bits per heavy atom. The molecule has 2 unspecified atom stereocenters. The van der Waals surface area contributed by atoms with Crippen LogP contribution in [0.25, 0.3) is 0 Å². The van der Waals surface area contributed by atoms with Gasteiger partial charge in [-0.25, -0.2) is 4.79 Å². The van der Waals surface area contributed by atoms with Gasteiger partial charge >= 0.3 is 6.09 Å². The Bertz CT molecular complexity index is 1150. The zero-order chi connectivity index (χ0) is 29.3. The molecule has 5 N–H and O–H groups in total. The van der Waals surface area contributed by atoms with E-state index in [-0.39, 0.29) is 43.2 Å². The Morgan fingerprint density at radius 1 is 1.10 bits per heavy atom. The topological polar surface area (TPSA) is 143 Å².